The summed E-state index contributed by atoms with van der Waals surface area (Å²) in [5.41, 5.74) is 1.69. The number of nitrogens with zero attached hydrogens (tertiary/aromatic N) is 2. The summed E-state index contributed by atoms with van der Waals surface area (Å²) in [5, 5.41) is 20.3. The van der Waals surface area contributed by atoms with E-state index in [-0.39, 0.29) is 5.56 Å². The molecular formula is C18H19N3O3. The fourth-order valence-corrected chi connectivity index (χ4v) is 2.83. The van der Waals surface area contributed by atoms with Crippen LogP contribution in [0.4, 0.5) is 0 Å². The van der Waals surface area contributed by atoms with Crippen molar-refractivity contribution >= 4 is 0 Å². The fourth-order valence-electron chi connectivity index (χ4n) is 2.83. The van der Waals surface area contributed by atoms with Gasteiger partial charge >= 0.3 is 0 Å². The third-order valence-corrected chi connectivity index (χ3v) is 4.69. The lowest BCUT2D eigenvalue weighted by molar-refractivity contribution is -0.130. The summed E-state index contributed by atoms with van der Waals surface area (Å²) in [6.45, 7) is 5.23. The normalized spacial score (nSPS) is 24.4. The Hall–Kier alpha value is -2.78. The van der Waals surface area contributed by atoms with Crippen molar-refractivity contribution in [3.63, 3.8) is 0 Å². The number of nitrogens with one attached hydrogen (secondary N) is 1. The molecule has 3 rings (SSSR count). The van der Waals surface area contributed by atoms with Crippen LogP contribution in [0.15, 0.2) is 47.4 Å². The number of ether oxygens (including phenoxy) is 1. The van der Waals surface area contributed by atoms with Crippen LogP contribution < -0.4 is 15.7 Å². The van der Waals surface area contributed by atoms with Gasteiger partial charge in [-0.25, -0.2) is 4.68 Å². The second-order valence-electron chi connectivity index (χ2n) is 6.60. The summed E-state index contributed by atoms with van der Waals surface area (Å²) in [5.74, 6) is 0.576. The molecule has 0 radical (unpaired) electrons. The smallest absolute Gasteiger partial charge is 0.268 e. The third-order valence-electron chi connectivity index (χ3n) is 4.69. The van der Waals surface area contributed by atoms with Crippen LogP contribution in [0, 0.1) is 11.3 Å². The predicted octanol–water partition coefficient (Wildman–Crippen LogP) is 1.93. The summed E-state index contributed by atoms with van der Waals surface area (Å²) in [6, 6.07) is 11.3. The van der Waals surface area contributed by atoms with Gasteiger partial charge in [0.1, 0.15) is 23.0 Å². The maximum Gasteiger partial charge on any atom is 0.268 e. The van der Waals surface area contributed by atoms with Gasteiger partial charge in [-0.05, 0) is 45.0 Å². The lowest BCUT2D eigenvalue weighted by atomic mass is 9.75. The second kappa shape index (κ2) is 5.39. The molecule has 2 N–H and O–H groups in total. The lowest BCUT2D eigenvalue weighted by Gasteiger charge is -2.49. The van der Waals surface area contributed by atoms with Gasteiger partial charge in [0.15, 0.2) is 0 Å². The maximum absolute atomic E-state index is 12.0. The minimum atomic E-state index is -1.33. The minimum absolute atomic E-state index is 0.240. The van der Waals surface area contributed by atoms with Gasteiger partial charge in [-0.15, -0.1) is 0 Å². The molecule has 6 heteroatoms. The molecule has 2 heterocycles. The van der Waals surface area contributed by atoms with E-state index in [1.807, 2.05) is 0 Å². The molecule has 0 aliphatic carbocycles. The van der Waals surface area contributed by atoms with Crippen molar-refractivity contribution in [1.82, 2.24) is 4.68 Å². The standard InChI is InChI=1S/C18H19N3O3/c1-17(2)18(3,23)16(20-21-9-5-4-6-15(21)22)13-10-12(11-19)7-8-14(13)24-17/h4-10,16,20,23H,1-3H3/t16-,18+/m1/s1. The highest BCUT2D eigenvalue weighted by Gasteiger charge is 2.53. The molecule has 1 aromatic heterocycles. The van der Waals surface area contributed by atoms with E-state index in [4.69, 9.17) is 10.00 Å². The SMILES string of the molecule is CC1(C)Oc2ccc(C#N)cc2[C@@H](Nn2ccccc2=O)[C@]1(C)O. The van der Waals surface area contributed by atoms with Crippen LogP contribution in [0.3, 0.4) is 0 Å². The zero-order valence-corrected chi connectivity index (χ0v) is 13.8. The zero-order valence-electron chi connectivity index (χ0n) is 13.8. The van der Waals surface area contributed by atoms with Crippen molar-refractivity contribution in [2.24, 2.45) is 0 Å². The molecule has 1 aliphatic heterocycles. The molecule has 0 bridgehead atoms. The quantitative estimate of drug-likeness (QED) is 0.881. The highest BCUT2D eigenvalue weighted by molar-refractivity contribution is 5.48. The van der Waals surface area contributed by atoms with Crippen LogP contribution in [-0.2, 0) is 0 Å². The number of aliphatic hydroxyl groups is 1. The first-order valence-electron chi connectivity index (χ1n) is 7.66. The first kappa shape index (κ1) is 16.1. The van der Waals surface area contributed by atoms with E-state index >= 15 is 0 Å². The van der Waals surface area contributed by atoms with Crippen LogP contribution in [0.25, 0.3) is 0 Å². The van der Waals surface area contributed by atoms with E-state index in [9.17, 15) is 9.90 Å². The molecule has 0 saturated carbocycles. The molecule has 24 heavy (non-hydrogen) atoms. The molecule has 2 aromatic rings. The summed E-state index contributed by atoms with van der Waals surface area (Å²) in [7, 11) is 0. The van der Waals surface area contributed by atoms with Crippen LogP contribution in [0.1, 0.15) is 37.9 Å². The third kappa shape index (κ3) is 2.43. The van der Waals surface area contributed by atoms with Gasteiger partial charge in [0.2, 0.25) is 0 Å². The summed E-state index contributed by atoms with van der Waals surface area (Å²) < 4.78 is 7.27. The summed E-state index contributed by atoms with van der Waals surface area (Å²) >= 11 is 0. The number of pyridine rings is 1. The molecule has 0 saturated heterocycles. The Kier molecular flexibility index (Phi) is 3.61. The van der Waals surface area contributed by atoms with E-state index < -0.39 is 17.2 Å². The molecule has 0 spiro atoms. The molecule has 1 aliphatic rings. The molecule has 1 aromatic carbocycles. The summed E-state index contributed by atoms with van der Waals surface area (Å²) in [6.07, 6.45) is 1.59. The Labute approximate surface area is 139 Å². The first-order chi connectivity index (χ1) is 11.3. The molecule has 6 nitrogen and oxygen atoms in total. The Bertz CT molecular complexity index is 878. The van der Waals surface area contributed by atoms with E-state index in [0.717, 1.165) is 0 Å². The second-order valence-corrected chi connectivity index (χ2v) is 6.60. The lowest BCUT2D eigenvalue weighted by Crippen LogP contribution is -2.61. The van der Waals surface area contributed by atoms with Gasteiger partial charge in [0, 0.05) is 17.8 Å². The zero-order chi connectivity index (χ0) is 17.5. The van der Waals surface area contributed by atoms with Crippen LogP contribution in [-0.4, -0.2) is 21.0 Å². The number of nitriles is 1. The fraction of sp³-hybridized carbons (Fsp3) is 0.333. The largest absolute Gasteiger partial charge is 0.484 e. The number of rotatable bonds is 2. The van der Waals surface area contributed by atoms with Gasteiger partial charge in [-0.2, -0.15) is 5.26 Å². The molecule has 0 unspecified atom stereocenters. The number of aromatic nitrogens is 1. The number of fused-ring (bicyclic) bond motifs is 1. The van der Waals surface area contributed by atoms with Crippen molar-refractivity contribution < 1.29 is 9.84 Å². The topological polar surface area (TPSA) is 87.3 Å². The number of hydrogen-bond donors (Lipinski definition) is 2. The maximum atomic E-state index is 12.0. The van der Waals surface area contributed by atoms with Crippen molar-refractivity contribution in [2.75, 3.05) is 5.43 Å². The van der Waals surface area contributed by atoms with E-state index in [0.29, 0.717) is 16.9 Å². The van der Waals surface area contributed by atoms with Gasteiger partial charge in [0.05, 0.1) is 11.6 Å². The molecule has 0 amide bonds. The summed E-state index contributed by atoms with van der Waals surface area (Å²) in [4.78, 5) is 12.0. The van der Waals surface area contributed by atoms with E-state index in [1.54, 1.807) is 57.3 Å². The van der Waals surface area contributed by atoms with E-state index in [1.165, 1.54) is 10.7 Å². The molecular weight excluding hydrogens is 306 g/mol. The Balaban J connectivity index is 2.16. The van der Waals surface area contributed by atoms with Crippen LogP contribution in [0.5, 0.6) is 5.75 Å². The Morgan fingerprint density at radius 2 is 2.04 bits per heavy atom. The minimum Gasteiger partial charge on any atom is -0.484 e. The van der Waals surface area contributed by atoms with Crippen molar-refractivity contribution in [3.05, 3.63) is 64.1 Å². The Morgan fingerprint density at radius 1 is 1.29 bits per heavy atom. The average molecular weight is 325 g/mol. The number of benzene rings is 1. The van der Waals surface area contributed by atoms with Crippen LogP contribution in [0.2, 0.25) is 0 Å². The van der Waals surface area contributed by atoms with E-state index in [2.05, 4.69) is 11.5 Å². The molecule has 0 fully saturated rings. The molecule has 2 atom stereocenters. The van der Waals surface area contributed by atoms with Gasteiger partial charge in [-0.3, -0.25) is 4.79 Å². The highest BCUT2D eigenvalue weighted by atomic mass is 16.5. The first-order valence-corrected chi connectivity index (χ1v) is 7.66. The predicted molar refractivity (Wildman–Crippen MR) is 89.3 cm³/mol. The van der Waals surface area contributed by atoms with Crippen molar-refractivity contribution in [2.45, 2.75) is 38.0 Å². The average Bonchev–Trinajstić information content (AvgIpc) is 2.53. The van der Waals surface area contributed by atoms with Gasteiger partial charge < -0.3 is 15.3 Å². The van der Waals surface area contributed by atoms with Gasteiger partial charge in [0.25, 0.3) is 5.56 Å². The van der Waals surface area contributed by atoms with Crippen molar-refractivity contribution in [1.29, 1.82) is 5.26 Å². The monoisotopic (exact) mass is 325 g/mol. The molecule has 124 valence electrons. The van der Waals surface area contributed by atoms with Crippen molar-refractivity contribution in [3.8, 4) is 11.8 Å². The Morgan fingerprint density at radius 3 is 2.71 bits per heavy atom. The highest BCUT2D eigenvalue weighted by Crippen LogP contribution is 2.46. The van der Waals surface area contributed by atoms with Crippen LogP contribution >= 0.6 is 0 Å². The number of hydrogen-bond acceptors (Lipinski definition) is 5. The van der Waals surface area contributed by atoms with Gasteiger partial charge in [-0.1, -0.05) is 6.07 Å².